The van der Waals surface area contributed by atoms with Crippen LogP contribution >= 0.6 is 0 Å². The Kier molecular flexibility index (Phi) is 3.68. The van der Waals surface area contributed by atoms with Crippen LogP contribution in [0.25, 0.3) is 0 Å². The van der Waals surface area contributed by atoms with Crippen LogP contribution in [-0.4, -0.2) is 36.2 Å². The zero-order valence-electron chi connectivity index (χ0n) is 10.0. The summed E-state index contributed by atoms with van der Waals surface area (Å²) < 4.78 is 0. The van der Waals surface area contributed by atoms with Gasteiger partial charge in [-0.2, -0.15) is 0 Å². The summed E-state index contributed by atoms with van der Waals surface area (Å²) in [5, 5.41) is 9.69. The predicted octanol–water partition coefficient (Wildman–Crippen LogP) is 2.27. The second-order valence-electron chi connectivity index (χ2n) is 5.84. The van der Waals surface area contributed by atoms with Crippen LogP contribution in [0.3, 0.4) is 0 Å². The molecule has 1 aliphatic carbocycles. The van der Waals surface area contributed by atoms with Gasteiger partial charge in [0.05, 0.1) is 0 Å². The van der Waals surface area contributed by atoms with Crippen molar-refractivity contribution >= 4 is 0 Å². The van der Waals surface area contributed by atoms with Gasteiger partial charge in [-0.1, -0.05) is 19.8 Å². The molecule has 1 N–H and O–H groups in total. The SMILES string of the molecule is CC1CCCC(CO)(CN2CCCC2)C1. The van der Waals surface area contributed by atoms with E-state index in [1.807, 2.05) is 0 Å². The first-order valence-electron chi connectivity index (χ1n) is 6.57. The van der Waals surface area contributed by atoms with E-state index in [4.69, 9.17) is 0 Å². The minimum absolute atomic E-state index is 0.238. The molecule has 1 aliphatic heterocycles. The number of aliphatic hydroxyl groups is 1. The smallest absolute Gasteiger partial charge is 0.0499 e. The minimum atomic E-state index is 0.238. The first-order chi connectivity index (χ1) is 7.24. The molecule has 2 rings (SSSR count). The maximum atomic E-state index is 9.69. The largest absolute Gasteiger partial charge is 0.396 e. The van der Waals surface area contributed by atoms with Crippen molar-refractivity contribution in [1.82, 2.24) is 4.90 Å². The molecule has 0 spiro atoms. The maximum Gasteiger partial charge on any atom is 0.0499 e. The van der Waals surface area contributed by atoms with Gasteiger partial charge in [0.2, 0.25) is 0 Å². The molecule has 15 heavy (non-hydrogen) atoms. The molecule has 2 unspecified atom stereocenters. The van der Waals surface area contributed by atoms with Crippen molar-refractivity contribution < 1.29 is 5.11 Å². The van der Waals surface area contributed by atoms with Gasteiger partial charge in [-0.3, -0.25) is 0 Å². The van der Waals surface area contributed by atoms with Crippen LogP contribution in [0, 0.1) is 11.3 Å². The summed E-state index contributed by atoms with van der Waals surface area (Å²) in [6, 6.07) is 0. The van der Waals surface area contributed by atoms with Crippen LogP contribution in [-0.2, 0) is 0 Å². The second kappa shape index (κ2) is 4.84. The van der Waals surface area contributed by atoms with E-state index >= 15 is 0 Å². The van der Waals surface area contributed by atoms with E-state index in [0.717, 1.165) is 12.5 Å². The number of aliphatic hydroxyl groups excluding tert-OH is 1. The molecule has 1 saturated carbocycles. The Morgan fingerprint density at radius 2 is 2.00 bits per heavy atom. The van der Waals surface area contributed by atoms with E-state index in [1.54, 1.807) is 0 Å². The first kappa shape index (κ1) is 11.4. The summed E-state index contributed by atoms with van der Waals surface area (Å²) in [6.07, 6.45) is 7.87. The number of nitrogens with zero attached hydrogens (tertiary/aromatic N) is 1. The molecule has 0 aromatic heterocycles. The number of hydrogen-bond donors (Lipinski definition) is 1. The average molecular weight is 211 g/mol. The summed E-state index contributed by atoms with van der Waals surface area (Å²) in [7, 11) is 0. The van der Waals surface area contributed by atoms with Gasteiger partial charge in [0.25, 0.3) is 0 Å². The van der Waals surface area contributed by atoms with Crippen LogP contribution in [0.5, 0.6) is 0 Å². The summed E-state index contributed by atoms with van der Waals surface area (Å²) >= 11 is 0. The topological polar surface area (TPSA) is 23.5 Å². The predicted molar refractivity (Wildman–Crippen MR) is 62.8 cm³/mol. The molecule has 0 aromatic carbocycles. The van der Waals surface area contributed by atoms with Gasteiger partial charge in [-0.05, 0) is 44.7 Å². The summed E-state index contributed by atoms with van der Waals surface area (Å²) in [5.41, 5.74) is 0.238. The average Bonchev–Trinajstić information content (AvgIpc) is 2.70. The highest BCUT2D eigenvalue weighted by Gasteiger charge is 2.36. The fourth-order valence-electron chi connectivity index (χ4n) is 3.52. The highest BCUT2D eigenvalue weighted by atomic mass is 16.3. The molecule has 2 fully saturated rings. The zero-order valence-corrected chi connectivity index (χ0v) is 10.0. The fourth-order valence-corrected chi connectivity index (χ4v) is 3.52. The van der Waals surface area contributed by atoms with Crippen molar-refractivity contribution in [2.75, 3.05) is 26.2 Å². The van der Waals surface area contributed by atoms with E-state index in [9.17, 15) is 5.11 Å². The first-order valence-corrected chi connectivity index (χ1v) is 6.57. The molecule has 2 nitrogen and oxygen atoms in total. The van der Waals surface area contributed by atoms with E-state index in [1.165, 1.54) is 51.6 Å². The monoisotopic (exact) mass is 211 g/mol. The highest BCUT2D eigenvalue weighted by Crippen LogP contribution is 2.40. The molecule has 88 valence electrons. The van der Waals surface area contributed by atoms with Gasteiger partial charge in [-0.15, -0.1) is 0 Å². The molecule has 0 aromatic rings. The van der Waals surface area contributed by atoms with Crippen LogP contribution in [0.15, 0.2) is 0 Å². The summed E-state index contributed by atoms with van der Waals surface area (Å²) in [5.74, 6) is 0.813. The molecule has 2 aliphatic rings. The Labute approximate surface area is 93.7 Å². The molecule has 0 radical (unpaired) electrons. The number of rotatable bonds is 3. The molecular formula is C13H25NO. The van der Waals surface area contributed by atoms with Crippen molar-refractivity contribution in [3.63, 3.8) is 0 Å². The van der Waals surface area contributed by atoms with Crippen molar-refractivity contribution in [1.29, 1.82) is 0 Å². The Bertz CT molecular complexity index is 201. The van der Waals surface area contributed by atoms with E-state index < -0.39 is 0 Å². The molecule has 2 heteroatoms. The van der Waals surface area contributed by atoms with Crippen molar-refractivity contribution in [2.24, 2.45) is 11.3 Å². The van der Waals surface area contributed by atoms with Gasteiger partial charge in [-0.25, -0.2) is 0 Å². The zero-order chi connectivity index (χ0) is 10.7. The van der Waals surface area contributed by atoms with E-state index in [2.05, 4.69) is 11.8 Å². The second-order valence-corrected chi connectivity index (χ2v) is 5.84. The van der Waals surface area contributed by atoms with Crippen LogP contribution < -0.4 is 0 Å². The van der Waals surface area contributed by atoms with Crippen molar-refractivity contribution in [3.05, 3.63) is 0 Å². The standard InChI is InChI=1S/C13H25NO/c1-12-5-4-6-13(9-12,11-15)10-14-7-2-3-8-14/h12,15H,2-11H2,1H3. The Morgan fingerprint density at radius 1 is 1.27 bits per heavy atom. The molecule has 2 atom stereocenters. The molecular weight excluding hydrogens is 186 g/mol. The Hall–Kier alpha value is -0.0800. The lowest BCUT2D eigenvalue weighted by molar-refractivity contribution is 0.0303. The molecule has 0 amide bonds. The van der Waals surface area contributed by atoms with Crippen LogP contribution in [0.2, 0.25) is 0 Å². The van der Waals surface area contributed by atoms with Gasteiger partial charge in [0.15, 0.2) is 0 Å². The maximum absolute atomic E-state index is 9.69. The van der Waals surface area contributed by atoms with Gasteiger partial charge < -0.3 is 10.0 Å². The minimum Gasteiger partial charge on any atom is -0.396 e. The normalized spacial score (nSPS) is 38.4. The molecule has 1 heterocycles. The van der Waals surface area contributed by atoms with Crippen LogP contribution in [0.1, 0.15) is 45.4 Å². The highest BCUT2D eigenvalue weighted by molar-refractivity contribution is 4.88. The van der Waals surface area contributed by atoms with E-state index in [-0.39, 0.29) is 5.41 Å². The summed E-state index contributed by atoms with van der Waals surface area (Å²) in [6.45, 7) is 6.40. The lowest BCUT2D eigenvalue weighted by atomic mass is 9.70. The lowest BCUT2D eigenvalue weighted by Gasteiger charge is -2.41. The summed E-state index contributed by atoms with van der Waals surface area (Å²) in [4.78, 5) is 2.56. The third-order valence-electron chi connectivity index (χ3n) is 4.28. The fraction of sp³-hybridized carbons (Fsp3) is 1.00. The van der Waals surface area contributed by atoms with Crippen LogP contribution in [0.4, 0.5) is 0 Å². The molecule has 1 saturated heterocycles. The quantitative estimate of drug-likeness (QED) is 0.774. The Balaban J connectivity index is 1.93. The van der Waals surface area contributed by atoms with Crippen molar-refractivity contribution in [2.45, 2.75) is 45.4 Å². The number of likely N-dealkylation sites (tertiary alicyclic amines) is 1. The third-order valence-corrected chi connectivity index (χ3v) is 4.28. The van der Waals surface area contributed by atoms with E-state index in [0.29, 0.717) is 6.61 Å². The number of hydrogen-bond acceptors (Lipinski definition) is 2. The van der Waals surface area contributed by atoms with Gasteiger partial charge in [0.1, 0.15) is 0 Å². The van der Waals surface area contributed by atoms with Gasteiger partial charge >= 0.3 is 0 Å². The molecule has 0 bridgehead atoms. The van der Waals surface area contributed by atoms with Crippen molar-refractivity contribution in [3.8, 4) is 0 Å². The van der Waals surface area contributed by atoms with Gasteiger partial charge in [0, 0.05) is 18.6 Å². The Morgan fingerprint density at radius 3 is 2.60 bits per heavy atom. The lowest BCUT2D eigenvalue weighted by Crippen LogP contribution is -2.42. The third kappa shape index (κ3) is 2.73.